The predicted octanol–water partition coefficient (Wildman–Crippen LogP) is 2.77. The van der Waals surface area contributed by atoms with Gasteiger partial charge < -0.3 is 15.3 Å². The van der Waals surface area contributed by atoms with Crippen LogP contribution in [-0.2, 0) is 0 Å². The van der Waals surface area contributed by atoms with Gasteiger partial charge in [0.1, 0.15) is 5.56 Å². The van der Waals surface area contributed by atoms with Crippen LogP contribution in [-0.4, -0.2) is 21.3 Å². The normalized spacial score (nSPS) is 10.3. The van der Waals surface area contributed by atoms with Crippen LogP contribution in [0.15, 0.2) is 36.4 Å². The number of aromatic hydroxyl groups is 2. The van der Waals surface area contributed by atoms with Crippen molar-refractivity contribution >= 4 is 5.97 Å². The lowest BCUT2D eigenvalue weighted by Crippen LogP contribution is -2.02. The Kier molecular flexibility index (Phi) is 2.93. The molecule has 2 aromatic carbocycles. The van der Waals surface area contributed by atoms with E-state index in [1.807, 2.05) is 6.07 Å². The Bertz CT molecular complexity index is 603. The summed E-state index contributed by atoms with van der Waals surface area (Å²) in [6, 6.07) is 10.2. The van der Waals surface area contributed by atoms with Crippen molar-refractivity contribution in [3.8, 4) is 22.6 Å². The molecule has 0 unspecified atom stereocenters. The van der Waals surface area contributed by atoms with Crippen molar-refractivity contribution in [1.82, 2.24) is 0 Å². The zero-order valence-corrected chi connectivity index (χ0v) is 9.71. The van der Waals surface area contributed by atoms with Crippen LogP contribution in [0.2, 0.25) is 0 Å². The molecular formula is C14H12O4. The molecule has 0 aliphatic carbocycles. The molecular weight excluding hydrogens is 232 g/mol. The number of phenols is 2. The SMILES string of the molecule is Cc1cc(O)c(O)c(C(=O)O)c1-c1ccccc1. The Morgan fingerprint density at radius 1 is 1.11 bits per heavy atom. The van der Waals surface area contributed by atoms with E-state index in [0.717, 1.165) is 0 Å². The van der Waals surface area contributed by atoms with Gasteiger partial charge in [-0.15, -0.1) is 0 Å². The quantitative estimate of drug-likeness (QED) is 0.710. The molecule has 0 aromatic heterocycles. The molecule has 0 bridgehead atoms. The summed E-state index contributed by atoms with van der Waals surface area (Å²) in [5.41, 5.74) is 1.41. The van der Waals surface area contributed by atoms with Gasteiger partial charge in [-0.05, 0) is 24.1 Å². The van der Waals surface area contributed by atoms with Gasteiger partial charge >= 0.3 is 5.97 Å². The van der Waals surface area contributed by atoms with Crippen LogP contribution in [0.25, 0.3) is 11.1 Å². The number of benzene rings is 2. The van der Waals surface area contributed by atoms with Crippen LogP contribution in [0.3, 0.4) is 0 Å². The lowest BCUT2D eigenvalue weighted by Gasteiger charge is -2.13. The standard InChI is InChI=1S/C14H12O4/c1-8-7-10(15)13(16)12(14(17)18)11(8)9-5-3-2-4-6-9/h2-7,15-16H,1H3,(H,17,18). The minimum absolute atomic E-state index is 0.279. The van der Waals surface area contributed by atoms with Gasteiger partial charge in [-0.3, -0.25) is 0 Å². The third-order valence-corrected chi connectivity index (χ3v) is 2.75. The first-order chi connectivity index (χ1) is 8.52. The zero-order valence-electron chi connectivity index (χ0n) is 9.71. The first-order valence-corrected chi connectivity index (χ1v) is 5.36. The largest absolute Gasteiger partial charge is 0.504 e. The molecule has 0 aliphatic heterocycles. The van der Waals surface area contributed by atoms with E-state index < -0.39 is 17.5 Å². The Morgan fingerprint density at radius 2 is 1.72 bits per heavy atom. The summed E-state index contributed by atoms with van der Waals surface area (Å²) in [5.74, 6) is -2.30. The van der Waals surface area contributed by atoms with E-state index in [2.05, 4.69) is 0 Å². The van der Waals surface area contributed by atoms with Crippen LogP contribution in [0.1, 0.15) is 15.9 Å². The average molecular weight is 244 g/mol. The Balaban J connectivity index is 2.82. The number of rotatable bonds is 2. The highest BCUT2D eigenvalue weighted by molar-refractivity contribution is 6.00. The van der Waals surface area contributed by atoms with Crippen molar-refractivity contribution in [1.29, 1.82) is 0 Å². The maximum absolute atomic E-state index is 11.2. The third kappa shape index (κ3) is 1.88. The summed E-state index contributed by atoms with van der Waals surface area (Å²) in [7, 11) is 0. The molecule has 4 heteroatoms. The van der Waals surface area contributed by atoms with Crippen molar-refractivity contribution in [2.75, 3.05) is 0 Å². The van der Waals surface area contributed by atoms with E-state index in [4.69, 9.17) is 0 Å². The summed E-state index contributed by atoms with van der Waals surface area (Å²) >= 11 is 0. The molecule has 0 atom stereocenters. The highest BCUT2D eigenvalue weighted by Gasteiger charge is 2.21. The molecule has 0 radical (unpaired) electrons. The van der Waals surface area contributed by atoms with Gasteiger partial charge in [0.25, 0.3) is 0 Å². The number of carboxylic acid groups (broad SMARTS) is 1. The Labute approximate surface area is 104 Å². The number of phenolic OH excluding ortho intramolecular Hbond substituents is 1. The van der Waals surface area contributed by atoms with Gasteiger partial charge in [0.05, 0.1) is 0 Å². The lowest BCUT2D eigenvalue weighted by atomic mass is 9.94. The van der Waals surface area contributed by atoms with E-state index in [-0.39, 0.29) is 5.56 Å². The third-order valence-electron chi connectivity index (χ3n) is 2.75. The van der Waals surface area contributed by atoms with Gasteiger partial charge in [0.2, 0.25) is 0 Å². The second-order valence-corrected chi connectivity index (χ2v) is 3.98. The van der Waals surface area contributed by atoms with E-state index in [0.29, 0.717) is 16.7 Å². The Morgan fingerprint density at radius 3 is 2.28 bits per heavy atom. The maximum atomic E-state index is 11.2. The van der Waals surface area contributed by atoms with Crippen LogP contribution in [0, 0.1) is 6.92 Å². The molecule has 2 rings (SSSR count). The molecule has 0 spiro atoms. The molecule has 2 aromatic rings. The fraction of sp³-hybridized carbons (Fsp3) is 0.0714. The molecule has 0 saturated carbocycles. The molecule has 0 fully saturated rings. The first-order valence-electron chi connectivity index (χ1n) is 5.36. The zero-order chi connectivity index (χ0) is 13.3. The summed E-state index contributed by atoms with van der Waals surface area (Å²) in [6.07, 6.45) is 0. The maximum Gasteiger partial charge on any atom is 0.340 e. The average Bonchev–Trinajstić information content (AvgIpc) is 2.34. The molecule has 0 aliphatic rings. The van der Waals surface area contributed by atoms with Gasteiger partial charge in [0.15, 0.2) is 11.5 Å². The first kappa shape index (κ1) is 12.0. The molecule has 18 heavy (non-hydrogen) atoms. The molecule has 4 nitrogen and oxygen atoms in total. The topological polar surface area (TPSA) is 77.8 Å². The van der Waals surface area contributed by atoms with Crippen molar-refractivity contribution in [2.24, 2.45) is 0 Å². The van der Waals surface area contributed by atoms with Crippen LogP contribution < -0.4 is 0 Å². The van der Waals surface area contributed by atoms with Gasteiger partial charge in [0, 0.05) is 5.56 Å². The van der Waals surface area contributed by atoms with Crippen LogP contribution in [0.4, 0.5) is 0 Å². The second kappa shape index (κ2) is 4.41. The Hall–Kier alpha value is -2.49. The van der Waals surface area contributed by atoms with Crippen molar-refractivity contribution in [3.05, 3.63) is 47.5 Å². The molecule has 92 valence electrons. The van der Waals surface area contributed by atoms with Crippen LogP contribution in [0.5, 0.6) is 11.5 Å². The summed E-state index contributed by atoms with van der Waals surface area (Å²) in [6.45, 7) is 1.69. The molecule has 0 heterocycles. The number of aromatic carboxylic acids is 1. The smallest absolute Gasteiger partial charge is 0.340 e. The van der Waals surface area contributed by atoms with E-state index in [1.54, 1.807) is 31.2 Å². The van der Waals surface area contributed by atoms with Crippen molar-refractivity contribution < 1.29 is 20.1 Å². The fourth-order valence-corrected chi connectivity index (χ4v) is 1.97. The minimum atomic E-state index is -1.27. The summed E-state index contributed by atoms with van der Waals surface area (Å²) in [5, 5.41) is 28.4. The number of carbonyl (C=O) groups is 1. The number of hydrogen-bond donors (Lipinski definition) is 3. The van der Waals surface area contributed by atoms with E-state index in [9.17, 15) is 20.1 Å². The van der Waals surface area contributed by atoms with Crippen molar-refractivity contribution in [2.45, 2.75) is 6.92 Å². The number of carboxylic acids is 1. The highest BCUT2D eigenvalue weighted by Crippen LogP contribution is 2.39. The second-order valence-electron chi connectivity index (χ2n) is 3.98. The molecule has 3 N–H and O–H groups in total. The molecule has 0 saturated heterocycles. The van der Waals surface area contributed by atoms with E-state index in [1.165, 1.54) is 6.07 Å². The fourth-order valence-electron chi connectivity index (χ4n) is 1.97. The lowest BCUT2D eigenvalue weighted by molar-refractivity contribution is 0.0693. The highest BCUT2D eigenvalue weighted by atomic mass is 16.4. The minimum Gasteiger partial charge on any atom is -0.504 e. The predicted molar refractivity (Wildman–Crippen MR) is 66.9 cm³/mol. The summed E-state index contributed by atoms with van der Waals surface area (Å²) < 4.78 is 0. The van der Waals surface area contributed by atoms with Gasteiger partial charge in [-0.1, -0.05) is 30.3 Å². The van der Waals surface area contributed by atoms with Gasteiger partial charge in [-0.25, -0.2) is 4.79 Å². The number of aryl methyl sites for hydroxylation is 1. The monoisotopic (exact) mass is 244 g/mol. The van der Waals surface area contributed by atoms with Crippen molar-refractivity contribution in [3.63, 3.8) is 0 Å². The van der Waals surface area contributed by atoms with Gasteiger partial charge in [-0.2, -0.15) is 0 Å². The number of hydrogen-bond acceptors (Lipinski definition) is 3. The van der Waals surface area contributed by atoms with E-state index >= 15 is 0 Å². The van der Waals surface area contributed by atoms with Crippen LogP contribution >= 0.6 is 0 Å². The summed E-state index contributed by atoms with van der Waals surface area (Å²) in [4.78, 5) is 11.2. The molecule has 0 amide bonds.